The fraction of sp³-hybridized carbons (Fsp3) is 0.800. The number of aliphatic hydroxyl groups is 3. The molecule has 228 valence electrons. The molecular weight excluding hydrogens is 534 g/mol. The second kappa shape index (κ2) is 11.1. The standard InChI is InChI=1S/C35H52ClNO4/c1-22(4-13-32(40)37-18-16-35(41,17-19-37)23-5-8-25(36)9-6-23)28-11-12-29-27-10-7-24-20-26(38)14-15-33(24,2)30(27)21-31(39)34(28,29)3/h5-6,8-9,22,24,26-31,38-39,41H,4,7,10-21H2,1-3H3. The van der Waals surface area contributed by atoms with Crippen LogP contribution in [0.2, 0.25) is 5.02 Å². The molecule has 10 atom stereocenters. The van der Waals surface area contributed by atoms with Crippen LogP contribution < -0.4 is 0 Å². The molecule has 4 aliphatic carbocycles. The lowest BCUT2D eigenvalue weighted by Gasteiger charge is -2.62. The van der Waals surface area contributed by atoms with Gasteiger partial charge < -0.3 is 20.2 Å². The normalized spacial score (nSPS) is 42.6. The highest BCUT2D eigenvalue weighted by atomic mass is 35.5. The van der Waals surface area contributed by atoms with Gasteiger partial charge in [-0.15, -0.1) is 0 Å². The molecule has 6 rings (SSSR count). The number of piperidine rings is 1. The average Bonchev–Trinajstić information content (AvgIpc) is 3.32. The van der Waals surface area contributed by atoms with E-state index in [4.69, 9.17) is 11.6 Å². The highest BCUT2D eigenvalue weighted by Crippen LogP contribution is 2.68. The van der Waals surface area contributed by atoms with E-state index in [0.29, 0.717) is 72.9 Å². The molecule has 1 aromatic carbocycles. The van der Waals surface area contributed by atoms with E-state index in [2.05, 4.69) is 20.8 Å². The van der Waals surface area contributed by atoms with Crippen LogP contribution in [0.25, 0.3) is 0 Å². The van der Waals surface area contributed by atoms with Crippen LogP contribution in [0.3, 0.4) is 0 Å². The first-order chi connectivity index (χ1) is 19.5. The van der Waals surface area contributed by atoms with Crippen molar-refractivity contribution in [1.82, 2.24) is 4.90 Å². The molecule has 41 heavy (non-hydrogen) atoms. The largest absolute Gasteiger partial charge is 0.393 e. The van der Waals surface area contributed by atoms with E-state index in [1.54, 1.807) is 0 Å². The lowest BCUT2D eigenvalue weighted by molar-refractivity contribution is -0.175. The van der Waals surface area contributed by atoms with Gasteiger partial charge in [-0.2, -0.15) is 0 Å². The lowest BCUT2D eigenvalue weighted by atomic mass is 9.43. The van der Waals surface area contributed by atoms with Crippen molar-refractivity contribution in [2.24, 2.45) is 46.3 Å². The number of nitrogens with zero attached hydrogens (tertiary/aromatic N) is 1. The highest BCUT2D eigenvalue weighted by molar-refractivity contribution is 6.30. The summed E-state index contributed by atoms with van der Waals surface area (Å²) in [6.07, 6.45) is 10.8. The molecule has 3 N–H and O–H groups in total. The van der Waals surface area contributed by atoms with Crippen LogP contribution >= 0.6 is 11.6 Å². The van der Waals surface area contributed by atoms with Crippen LogP contribution in [0, 0.1) is 46.3 Å². The fourth-order valence-electron chi connectivity index (χ4n) is 11.0. The first-order valence-electron chi connectivity index (χ1n) is 16.6. The fourth-order valence-corrected chi connectivity index (χ4v) is 11.2. The van der Waals surface area contributed by atoms with E-state index >= 15 is 0 Å². The Labute approximate surface area is 252 Å². The van der Waals surface area contributed by atoms with Crippen molar-refractivity contribution >= 4 is 17.5 Å². The highest BCUT2D eigenvalue weighted by Gasteiger charge is 2.63. The van der Waals surface area contributed by atoms with E-state index < -0.39 is 5.60 Å². The summed E-state index contributed by atoms with van der Waals surface area (Å²) in [6.45, 7) is 8.34. The molecule has 4 saturated carbocycles. The topological polar surface area (TPSA) is 81.0 Å². The van der Waals surface area contributed by atoms with Gasteiger partial charge in [0.05, 0.1) is 17.8 Å². The number of halogens is 1. The minimum atomic E-state index is -0.898. The molecule has 6 heteroatoms. The summed E-state index contributed by atoms with van der Waals surface area (Å²) in [4.78, 5) is 15.2. The van der Waals surface area contributed by atoms with Gasteiger partial charge in [0.15, 0.2) is 0 Å². The molecule has 0 spiro atoms. The molecule has 0 radical (unpaired) electrons. The van der Waals surface area contributed by atoms with E-state index in [1.165, 1.54) is 19.3 Å². The molecule has 1 saturated heterocycles. The monoisotopic (exact) mass is 585 g/mol. The minimum Gasteiger partial charge on any atom is -0.393 e. The van der Waals surface area contributed by atoms with E-state index in [0.717, 1.165) is 44.1 Å². The third-order valence-corrected chi connectivity index (χ3v) is 13.9. The number of benzene rings is 1. The molecular formula is C35H52ClNO4. The number of fused-ring (bicyclic) bond motifs is 5. The van der Waals surface area contributed by atoms with Crippen molar-refractivity contribution in [3.63, 3.8) is 0 Å². The van der Waals surface area contributed by atoms with Crippen molar-refractivity contribution in [3.8, 4) is 0 Å². The van der Waals surface area contributed by atoms with E-state index in [9.17, 15) is 20.1 Å². The maximum absolute atomic E-state index is 13.3. The predicted molar refractivity (Wildman–Crippen MR) is 162 cm³/mol. The molecule has 1 aliphatic heterocycles. The Hall–Kier alpha value is -1.14. The second-order valence-electron chi connectivity index (χ2n) is 15.3. The molecule has 0 bridgehead atoms. The van der Waals surface area contributed by atoms with E-state index in [1.807, 2.05) is 29.2 Å². The first-order valence-corrected chi connectivity index (χ1v) is 17.0. The Morgan fingerprint density at radius 2 is 1.68 bits per heavy atom. The van der Waals surface area contributed by atoms with E-state index in [-0.39, 0.29) is 28.9 Å². The maximum Gasteiger partial charge on any atom is 0.222 e. The summed E-state index contributed by atoms with van der Waals surface area (Å²) in [6, 6.07) is 7.42. The molecule has 0 aromatic heterocycles. The van der Waals surface area contributed by atoms with Gasteiger partial charge >= 0.3 is 0 Å². The maximum atomic E-state index is 13.3. The van der Waals surface area contributed by atoms with Crippen LogP contribution in [-0.2, 0) is 10.4 Å². The van der Waals surface area contributed by atoms with Gasteiger partial charge in [-0.3, -0.25) is 4.79 Å². The third-order valence-electron chi connectivity index (χ3n) is 13.6. The van der Waals surface area contributed by atoms with Gasteiger partial charge in [0.25, 0.3) is 0 Å². The van der Waals surface area contributed by atoms with Crippen molar-refractivity contribution in [2.75, 3.05) is 13.1 Å². The molecule has 5 fully saturated rings. The Kier molecular flexibility index (Phi) is 8.09. The molecule has 1 aromatic rings. The average molecular weight is 586 g/mol. The minimum absolute atomic E-state index is 0.0683. The van der Waals surface area contributed by atoms with Crippen molar-refractivity contribution in [3.05, 3.63) is 34.9 Å². The van der Waals surface area contributed by atoms with Gasteiger partial charge in [-0.1, -0.05) is 44.5 Å². The molecule has 5 nitrogen and oxygen atoms in total. The van der Waals surface area contributed by atoms with Crippen LogP contribution in [0.15, 0.2) is 24.3 Å². The predicted octanol–water partition coefficient (Wildman–Crippen LogP) is 6.56. The number of carbonyl (C=O) groups excluding carboxylic acids is 1. The number of aliphatic hydroxyl groups excluding tert-OH is 2. The van der Waals surface area contributed by atoms with Gasteiger partial charge in [0, 0.05) is 24.5 Å². The van der Waals surface area contributed by atoms with Gasteiger partial charge in [0.1, 0.15) is 0 Å². The van der Waals surface area contributed by atoms with Crippen molar-refractivity contribution < 1.29 is 20.1 Å². The molecule has 1 amide bonds. The quantitative estimate of drug-likeness (QED) is 0.366. The summed E-state index contributed by atoms with van der Waals surface area (Å²) < 4.78 is 0. The van der Waals surface area contributed by atoms with Crippen LogP contribution in [0.5, 0.6) is 0 Å². The zero-order valence-corrected chi connectivity index (χ0v) is 26.2. The number of carbonyl (C=O) groups is 1. The SMILES string of the molecule is CC(CCC(=O)N1CCC(O)(c2ccc(Cl)cc2)CC1)C1CCC2C3CCC4CC(O)CCC4(C)C3CC(O)C12C. The first kappa shape index (κ1) is 29.9. The molecule has 5 aliphatic rings. The Morgan fingerprint density at radius 1 is 0.976 bits per heavy atom. The van der Waals surface area contributed by atoms with Gasteiger partial charge in [-0.05, 0) is 135 Å². The Bertz CT molecular complexity index is 1100. The van der Waals surface area contributed by atoms with Gasteiger partial charge in [-0.25, -0.2) is 0 Å². The zero-order chi connectivity index (χ0) is 29.2. The smallest absolute Gasteiger partial charge is 0.222 e. The van der Waals surface area contributed by atoms with Crippen molar-refractivity contribution in [1.29, 1.82) is 0 Å². The molecule has 1 heterocycles. The zero-order valence-electron chi connectivity index (χ0n) is 25.4. The molecule has 10 unspecified atom stereocenters. The van der Waals surface area contributed by atoms with Crippen LogP contribution in [0.4, 0.5) is 0 Å². The van der Waals surface area contributed by atoms with Crippen LogP contribution in [0.1, 0.15) is 103 Å². The number of amides is 1. The van der Waals surface area contributed by atoms with Crippen LogP contribution in [-0.4, -0.2) is 51.4 Å². The van der Waals surface area contributed by atoms with Gasteiger partial charge in [0.2, 0.25) is 5.91 Å². The summed E-state index contributed by atoms with van der Waals surface area (Å²) in [5, 5.41) is 34.1. The number of rotatable bonds is 5. The number of hydrogen-bond donors (Lipinski definition) is 3. The number of likely N-dealkylation sites (tertiary alicyclic amines) is 1. The summed E-state index contributed by atoms with van der Waals surface area (Å²) in [7, 11) is 0. The summed E-state index contributed by atoms with van der Waals surface area (Å²) >= 11 is 6.03. The third kappa shape index (κ3) is 5.09. The lowest BCUT2D eigenvalue weighted by Crippen LogP contribution is -2.58. The van der Waals surface area contributed by atoms with Crippen molar-refractivity contribution in [2.45, 2.75) is 116 Å². The summed E-state index contributed by atoms with van der Waals surface area (Å²) in [5.74, 6) is 3.47. The Morgan fingerprint density at radius 3 is 2.39 bits per heavy atom. The Balaban J connectivity index is 1.06. The summed E-state index contributed by atoms with van der Waals surface area (Å²) in [5.41, 5.74) is 0.171. The number of hydrogen-bond acceptors (Lipinski definition) is 4. The second-order valence-corrected chi connectivity index (χ2v) is 15.8.